The smallest absolute Gasteiger partial charge is 0.324 e. The topological polar surface area (TPSA) is 17.8 Å². The number of halogens is 5. The van der Waals surface area contributed by atoms with Crippen molar-refractivity contribution in [3.05, 3.63) is 17.7 Å². The molecule has 1 aromatic heterocycles. The van der Waals surface area contributed by atoms with Crippen molar-refractivity contribution < 1.29 is 22.0 Å². The van der Waals surface area contributed by atoms with E-state index in [4.69, 9.17) is 0 Å². The Kier molecular flexibility index (Phi) is 3.00. The lowest BCUT2D eigenvalue weighted by Gasteiger charge is -2.12. The van der Waals surface area contributed by atoms with Crippen molar-refractivity contribution in [2.45, 2.75) is 38.9 Å². The summed E-state index contributed by atoms with van der Waals surface area (Å²) in [4.78, 5) is 2.96. The maximum atomic E-state index is 12.9. The first-order valence-electron chi connectivity index (χ1n) is 4.58. The van der Waals surface area contributed by atoms with Crippen LogP contribution in [0.1, 0.15) is 38.3 Å². The number of hydrogen-bond donors (Lipinski definition) is 0. The normalized spacial score (nSPS) is 13.6. The molecule has 0 atom stereocenters. The number of alkyl halides is 5. The molecular formula is C9H11F5N2. The third kappa shape index (κ3) is 2.51. The van der Waals surface area contributed by atoms with Crippen molar-refractivity contribution in [1.82, 2.24) is 9.55 Å². The monoisotopic (exact) mass is 242 g/mol. The molecule has 0 aliphatic heterocycles. The van der Waals surface area contributed by atoms with Gasteiger partial charge in [-0.2, -0.15) is 22.0 Å². The maximum absolute atomic E-state index is 12.9. The molecule has 7 heteroatoms. The van der Waals surface area contributed by atoms with Gasteiger partial charge in [-0.15, -0.1) is 0 Å². The second kappa shape index (κ2) is 3.71. The fraction of sp³-hybridized carbons (Fsp3) is 0.667. The molecule has 0 saturated heterocycles. The SMILES string of the molecule is CC(C)n1cc(C(C)(F)F)nc1C(F)(F)F. The molecule has 0 amide bonds. The average Bonchev–Trinajstić information content (AvgIpc) is 2.44. The van der Waals surface area contributed by atoms with Gasteiger partial charge in [0.25, 0.3) is 5.92 Å². The molecular weight excluding hydrogens is 231 g/mol. The summed E-state index contributed by atoms with van der Waals surface area (Å²) >= 11 is 0. The zero-order valence-electron chi connectivity index (χ0n) is 8.94. The van der Waals surface area contributed by atoms with Crippen LogP contribution in [-0.2, 0) is 12.1 Å². The first-order chi connectivity index (χ1) is 7.03. The van der Waals surface area contributed by atoms with E-state index in [0.717, 1.165) is 6.20 Å². The molecule has 0 unspecified atom stereocenters. The van der Waals surface area contributed by atoms with Gasteiger partial charge in [0.15, 0.2) is 0 Å². The lowest BCUT2D eigenvalue weighted by atomic mass is 10.3. The van der Waals surface area contributed by atoms with Gasteiger partial charge < -0.3 is 4.57 Å². The Hall–Kier alpha value is -1.14. The van der Waals surface area contributed by atoms with Gasteiger partial charge in [0.1, 0.15) is 5.69 Å². The molecule has 0 spiro atoms. The quantitative estimate of drug-likeness (QED) is 0.724. The predicted molar refractivity (Wildman–Crippen MR) is 47.2 cm³/mol. The highest BCUT2D eigenvalue weighted by atomic mass is 19.4. The third-order valence-corrected chi connectivity index (χ3v) is 1.99. The van der Waals surface area contributed by atoms with Crippen LogP contribution in [0.4, 0.5) is 22.0 Å². The first-order valence-corrected chi connectivity index (χ1v) is 4.58. The fourth-order valence-electron chi connectivity index (χ4n) is 1.21. The molecule has 1 rings (SSSR count). The average molecular weight is 242 g/mol. The molecule has 92 valence electrons. The van der Waals surface area contributed by atoms with E-state index in [2.05, 4.69) is 4.98 Å². The molecule has 16 heavy (non-hydrogen) atoms. The molecule has 0 bridgehead atoms. The summed E-state index contributed by atoms with van der Waals surface area (Å²) in [5, 5.41) is 0. The summed E-state index contributed by atoms with van der Waals surface area (Å²) in [6.07, 6.45) is -3.98. The molecule has 0 aromatic carbocycles. The molecule has 2 nitrogen and oxygen atoms in total. The third-order valence-electron chi connectivity index (χ3n) is 1.99. The van der Waals surface area contributed by atoms with Crippen LogP contribution < -0.4 is 0 Å². The van der Waals surface area contributed by atoms with Gasteiger partial charge in [-0.05, 0) is 13.8 Å². The lowest BCUT2D eigenvalue weighted by Crippen LogP contribution is -2.16. The van der Waals surface area contributed by atoms with Crippen LogP contribution in [0.25, 0.3) is 0 Å². The van der Waals surface area contributed by atoms with Gasteiger partial charge in [0, 0.05) is 19.2 Å². The van der Waals surface area contributed by atoms with Crippen LogP contribution in [0.2, 0.25) is 0 Å². The van der Waals surface area contributed by atoms with Crippen LogP contribution in [0.3, 0.4) is 0 Å². The zero-order chi connectivity index (χ0) is 12.7. The minimum absolute atomic E-state index is 0.514. The van der Waals surface area contributed by atoms with Gasteiger partial charge >= 0.3 is 6.18 Å². The predicted octanol–water partition coefficient (Wildman–Crippen LogP) is 3.59. The highest BCUT2D eigenvalue weighted by Crippen LogP contribution is 2.34. The van der Waals surface area contributed by atoms with Gasteiger partial charge in [-0.3, -0.25) is 0 Å². The van der Waals surface area contributed by atoms with E-state index in [1.54, 1.807) is 0 Å². The first kappa shape index (κ1) is 12.9. The van der Waals surface area contributed by atoms with Crippen molar-refractivity contribution >= 4 is 0 Å². The van der Waals surface area contributed by atoms with Crippen molar-refractivity contribution in [3.63, 3.8) is 0 Å². The molecule has 0 N–H and O–H groups in total. The maximum Gasteiger partial charge on any atom is 0.449 e. The van der Waals surface area contributed by atoms with E-state index in [-0.39, 0.29) is 0 Å². The van der Waals surface area contributed by atoms with E-state index in [1.807, 2.05) is 0 Å². The van der Waals surface area contributed by atoms with Crippen LogP contribution in [-0.4, -0.2) is 9.55 Å². The van der Waals surface area contributed by atoms with Gasteiger partial charge in [0.2, 0.25) is 5.82 Å². The lowest BCUT2D eigenvalue weighted by molar-refractivity contribution is -0.147. The molecule has 0 aliphatic rings. The highest BCUT2D eigenvalue weighted by Gasteiger charge is 2.40. The van der Waals surface area contributed by atoms with Crippen LogP contribution in [0.5, 0.6) is 0 Å². The van der Waals surface area contributed by atoms with Crippen LogP contribution >= 0.6 is 0 Å². The van der Waals surface area contributed by atoms with Crippen molar-refractivity contribution in [1.29, 1.82) is 0 Å². The Bertz CT molecular complexity index is 372. The van der Waals surface area contributed by atoms with Gasteiger partial charge in [-0.25, -0.2) is 4.98 Å². The minimum atomic E-state index is -4.73. The Morgan fingerprint density at radius 1 is 1.19 bits per heavy atom. The van der Waals surface area contributed by atoms with E-state index in [1.165, 1.54) is 13.8 Å². The largest absolute Gasteiger partial charge is 0.449 e. The number of aromatic nitrogens is 2. The molecule has 0 saturated carbocycles. The van der Waals surface area contributed by atoms with Crippen molar-refractivity contribution in [2.75, 3.05) is 0 Å². The van der Waals surface area contributed by atoms with E-state index in [9.17, 15) is 22.0 Å². The fourth-order valence-corrected chi connectivity index (χ4v) is 1.21. The standard InChI is InChI=1S/C9H11F5N2/c1-5(2)16-4-6(8(3,10)11)15-7(16)9(12,13)14/h4-5H,1-3H3. The Labute approximate surface area is 89.1 Å². The van der Waals surface area contributed by atoms with Crippen molar-refractivity contribution in [3.8, 4) is 0 Å². The molecule has 0 radical (unpaired) electrons. The van der Waals surface area contributed by atoms with E-state index >= 15 is 0 Å². The number of imidazole rings is 1. The molecule has 1 heterocycles. The number of rotatable bonds is 2. The summed E-state index contributed by atoms with van der Waals surface area (Å²) in [7, 11) is 0. The summed E-state index contributed by atoms with van der Waals surface area (Å²) in [6, 6.07) is -0.583. The van der Waals surface area contributed by atoms with Crippen LogP contribution in [0.15, 0.2) is 6.20 Å². The molecule has 0 aliphatic carbocycles. The second-order valence-electron chi connectivity index (χ2n) is 3.84. The Balaban J connectivity index is 3.32. The molecule has 1 aromatic rings. The summed E-state index contributed by atoms with van der Waals surface area (Å²) in [5.41, 5.74) is -0.867. The minimum Gasteiger partial charge on any atom is -0.324 e. The second-order valence-corrected chi connectivity index (χ2v) is 3.84. The Morgan fingerprint density at radius 2 is 1.69 bits per heavy atom. The Morgan fingerprint density at radius 3 is 1.94 bits per heavy atom. The van der Waals surface area contributed by atoms with Crippen molar-refractivity contribution in [2.24, 2.45) is 0 Å². The number of nitrogens with zero attached hydrogens (tertiary/aromatic N) is 2. The van der Waals surface area contributed by atoms with E-state index < -0.39 is 29.7 Å². The van der Waals surface area contributed by atoms with Gasteiger partial charge in [-0.1, -0.05) is 0 Å². The number of hydrogen-bond acceptors (Lipinski definition) is 1. The van der Waals surface area contributed by atoms with E-state index in [0.29, 0.717) is 11.5 Å². The summed E-state index contributed by atoms with van der Waals surface area (Å²) in [6.45, 7) is 3.45. The highest BCUT2D eigenvalue weighted by molar-refractivity contribution is 5.12. The van der Waals surface area contributed by atoms with Gasteiger partial charge in [0.05, 0.1) is 0 Å². The molecule has 0 fully saturated rings. The summed E-state index contributed by atoms with van der Waals surface area (Å²) in [5.74, 6) is -4.67. The van der Waals surface area contributed by atoms with Crippen LogP contribution in [0, 0.1) is 0 Å². The zero-order valence-corrected chi connectivity index (χ0v) is 8.94. The summed E-state index contributed by atoms with van der Waals surface area (Å²) < 4.78 is 63.9.